The molecule has 0 unspecified atom stereocenters. The minimum absolute atomic E-state index is 0.0210. The summed E-state index contributed by atoms with van der Waals surface area (Å²) in [6.45, 7) is 9.90. The highest BCUT2D eigenvalue weighted by Gasteiger charge is 2.26. The Labute approximate surface area is 142 Å². The third-order valence-corrected chi connectivity index (χ3v) is 4.48. The van der Waals surface area contributed by atoms with Gasteiger partial charge in [-0.3, -0.25) is 0 Å². The minimum Gasteiger partial charge on any atom is -0.382 e. The molecule has 0 saturated heterocycles. The van der Waals surface area contributed by atoms with Gasteiger partial charge in [0, 0.05) is 32.5 Å². The number of quaternary nitrogens is 1. The molecule has 6 heteroatoms. The lowest BCUT2D eigenvalue weighted by molar-refractivity contribution is -0.891. The zero-order valence-electron chi connectivity index (χ0n) is 15.4. The third kappa shape index (κ3) is 11.6. The fourth-order valence-corrected chi connectivity index (χ4v) is 1.99. The molecule has 0 radical (unpaired) electrons. The number of halogens is 1. The van der Waals surface area contributed by atoms with Gasteiger partial charge >= 0.3 is 0 Å². The Morgan fingerprint density at radius 1 is 0.955 bits per heavy atom. The predicted octanol–water partition coefficient (Wildman–Crippen LogP) is 2.39. The molecule has 0 aliphatic heterocycles. The smallest absolute Gasteiger partial charge is 0.0804 e. The average molecular weight is 340 g/mol. The van der Waals surface area contributed by atoms with E-state index in [9.17, 15) is 0 Å². The normalized spacial score (nSPS) is 13.1. The first kappa shape index (κ1) is 22.1. The molecule has 0 aliphatic rings. The van der Waals surface area contributed by atoms with Gasteiger partial charge in [0.2, 0.25) is 0 Å². The average Bonchev–Trinajstić information content (AvgIpc) is 2.43. The fourth-order valence-electron chi connectivity index (χ4n) is 1.90. The Kier molecular flexibility index (Phi) is 11.6. The van der Waals surface area contributed by atoms with Crippen molar-refractivity contribution in [1.82, 2.24) is 4.42 Å². The van der Waals surface area contributed by atoms with E-state index in [2.05, 4.69) is 27.9 Å². The molecule has 0 bridgehead atoms. The van der Waals surface area contributed by atoms with Gasteiger partial charge in [-0.15, -0.1) is 0 Å². The topological polar surface area (TPSA) is 30.9 Å². The van der Waals surface area contributed by atoms with E-state index in [-0.39, 0.29) is 5.54 Å². The Morgan fingerprint density at radius 3 is 2.05 bits per heavy atom. The molecule has 0 amide bonds. The molecule has 0 heterocycles. The summed E-state index contributed by atoms with van der Waals surface area (Å²) in [5.74, 6) is 0. The molecule has 0 saturated carbocycles. The van der Waals surface area contributed by atoms with Gasteiger partial charge in [-0.1, -0.05) is 0 Å². The molecule has 0 N–H and O–H groups in total. The van der Waals surface area contributed by atoms with Crippen molar-refractivity contribution in [2.24, 2.45) is 0 Å². The van der Waals surface area contributed by atoms with Gasteiger partial charge in [0.15, 0.2) is 0 Å². The summed E-state index contributed by atoms with van der Waals surface area (Å²) in [4.78, 5) is 0. The largest absolute Gasteiger partial charge is 0.382 e. The van der Waals surface area contributed by atoms with Crippen molar-refractivity contribution in [3.05, 3.63) is 0 Å². The summed E-state index contributed by atoms with van der Waals surface area (Å²) in [5, 5.41) is 0. The molecule has 0 atom stereocenters. The summed E-state index contributed by atoms with van der Waals surface area (Å²) in [5.41, 5.74) is 0.0210. The van der Waals surface area contributed by atoms with Crippen molar-refractivity contribution in [3.8, 4) is 0 Å². The molecule has 0 rings (SSSR count). The lowest BCUT2D eigenvalue weighted by Gasteiger charge is -2.36. The number of rotatable bonds is 14. The number of hydrogen-bond acceptors (Lipinski definition) is 4. The van der Waals surface area contributed by atoms with Crippen LogP contribution in [-0.4, -0.2) is 88.8 Å². The van der Waals surface area contributed by atoms with Crippen LogP contribution in [0.5, 0.6) is 0 Å². The van der Waals surface area contributed by atoms with Crippen molar-refractivity contribution in [1.29, 1.82) is 0 Å². The molecule has 0 aromatic rings. The summed E-state index contributed by atoms with van der Waals surface area (Å²) in [6.07, 6.45) is 2.12. The maximum Gasteiger partial charge on any atom is 0.0804 e. The number of ether oxygens (including phenoxy) is 3. The van der Waals surface area contributed by atoms with Crippen molar-refractivity contribution >= 4 is 11.8 Å². The first-order valence-electron chi connectivity index (χ1n) is 8.07. The van der Waals surface area contributed by atoms with E-state index in [1.54, 1.807) is 11.5 Å². The third-order valence-electron chi connectivity index (χ3n) is 4.02. The lowest BCUT2D eigenvalue weighted by Crippen LogP contribution is -2.46. The number of hydrogen-bond donors (Lipinski definition) is 0. The quantitative estimate of drug-likeness (QED) is 0.276. The van der Waals surface area contributed by atoms with E-state index in [1.165, 1.54) is 0 Å². The van der Waals surface area contributed by atoms with Gasteiger partial charge in [-0.2, -0.15) is 0 Å². The predicted molar refractivity (Wildman–Crippen MR) is 92.3 cm³/mol. The Balaban J connectivity index is 3.64. The Bertz CT molecular complexity index is 274. The van der Waals surface area contributed by atoms with Gasteiger partial charge in [-0.05, 0) is 25.6 Å². The standard InChI is InChI=1S/C16H36ClN2O3/c1-16(2,18(3)17)8-10-19(4,5)9-7-11-21-14-15-22-13-12-20-6/h7-15H2,1-6H3/q+1. The van der Waals surface area contributed by atoms with Gasteiger partial charge in [-0.25, -0.2) is 4.42 Å². The van der Waals surface area contributed by atoms with Crippen LogP contribution in [0.25, 0.3) is 0 Å². The molecule has 134 valence electrons. The Hall–Kier alpha value is 0.0900. The van der Waals surface area contributed by atoms with Crippen molar-refractivity contribution in [3.63, 3.8) is 0 Å². The van der Waals surface area contributed by atoms with E-state index in [1.807, 2.05) is 7.05 Å². The lowest BCUT2D eigenvalue weighted by atomic mass is 10.0. The minimum atomic E-state index is 0.0210. The van der Waals surface area contributed by atoms with Crippen LogP contribution in [0.2, 0.25) is 0 Å². The highest BCUT2D eigenvalue weighted by molar-refractivity contribution is 6.13. The molecular formula is C16H36ClN2O3+. The van der Waals surface area contributed by atoms with Crippen LogP contribution in [0.3, 0.4) is 0 Å². The highest BCUT2D eigenvalue weighted by atomic mass is 35.5. The summed E-state index contributed by atoms with van der Waals surface area (Å²) < 4.78 is 18.6. The van der Waals surface area contributed by atoms with Gasteiger partial charge in [0.05, 0.1) is 60.2 Å². The second-order valence-corrected chi connectivity index (χ2v) is 7.50. The molecule has 5 nitrogen and oxygen atoms in total. The first-order chi connectivity index (χ1) is 10.2. The van der Waals surface area contributed by atoms with E-state index < -0.39 is 0 Å². The van der Waals surface area contributed by atoms with Gasteiger partial charge in [0.25, 0.3) is 0 Å². The van der Waals surface area contributed by atoms with Crippen LogP contribution >= 0.6 is 11.8 Å². The Morgan fingerprint density at radius 2 is 1.50 bits per heavy atom. The molecule has 0 aromatic heterocycles. The zero-order chi connectivity index (χ0) is 17.1. The molecular weight excluding hydrogens is 304 g/mol. The van der Waals surface area contributed by atoms with E-state index in [0.29, 0.717) is 26.4 Å². The number of nitrogens with zero attached hydrogens (tertiary/aromatic N) is 2. The number of methoxy groups -OCH3 is 1. The first-order valence-corrected chi connectivity index (χ1v) is 8.41. The van der Waals surface area contributed by atoms with Crippen LogP contribution in [0, 0.1) is 0 Å². The van der Waals surface area contributed by atoms with Crippen molar-refractivity contribution < 1.29 is 18.7 Å². The SMILES string of the molecule is COCCOCCOCCC[N+](C)(C)CCC(C)(C)N(C)Cl. The monoisotopic (exact) mass is 339 g/mol. The summed E-state index contributed by atoms with van der Waals surface area (Å²) in [7, 11) is 8.12. The van der Waals surface area contributed by atoms with Crippen LogP contribution in [0.15, 0.2) is 0 Å². The zero-order valence-corrected chi connectivity index (χ0v) is 16.1. The highest BCUT2D eigenvalue weighted by Crippen LogP contribution is 2.20. The molecule has 0 fully saturated rings. The van der Waals surface area contributed by atoms with Gasteiger partial charge < -0.3 is 18.7 Å². The van der Waals surface area contributed by atoms with Crippen molar-refractivity contribution in [2.75, 3.05) is 74.4 Å². The molecule has 0 aromatic carbocycles. The fraction of sp³-hybridized carbons (Fsp3) is 1.00. The van der Waals surface area contributed by atoms with E-state index >= 15 is 0 Å². The van der Waals surface area contributed by atoms with Crippen LogP contribution < -0.4 is 0 Å². The summed E-state index contributed by atoms with van der Waals surface area (Å²) in [6, 6.07) is 0. The van der Waals surface area contributed by atoms with Gasteiger partial charge in [0.1, 0.15) is 0 Å². The molecule has 0 spiro atoms. The van der Waals surface area contributed by atoms with E-state index in [0.717, 1.165) is 37.0 Å². The van der Waals surface area contributed by atoms with Crippen molar-refractivity contribution in [2.45, 2.75) is 32.2 Å². The molecule has 22 heavy (non-hydrogen) atoms. The molecule has 0 aliphatic carbocycles. The van der Waals surface area contributed by atoms with Crippen LogP contribution in [0.1, 0.15) is 26.7 Å². The summed E-state index contributed by atoms with van der Waals surface area (Å²) >= 11 is 6.09. The maximum absolute atomic E-state index is 6.09. The maximum atomic E-state index is 6.09. The van der Waals surface area contributed by atoms with Crippen LogP contribution in [-0.2, 0) is 14.2 Å². The second kappa shape index (κ2) is 11.6. The second-order valence-electron chi connectivity index (χ2n) is 6.99. The van der Waals surface area contributed by atoms with Crippen LogP contribution in [0.4, 0.5) is 0 Å². The van der Waals surface area contributed by atoms with E-state index in [4.69, 9.17) is 26.0 Å².